The molecular formula is C15H14BrN3O2. The number of nitrogens with two attached hydrogens (primary N) is 1. The van der Waals surface area contributed by atoms with Crippen LogP contribution in [0.25, 0.3) is 0 Å². The van der Waals surface area contributed by atoms with Gasteiger partial charge in [0.1, 0.15) is 6.04 Å². The number of hydrogen-bond acceptors (Lipinski definition) is 3. The minimum Gasteiger partial charge on any atom is -0.368 e. The highest BCUT2D eigenvalue weighted by Crippen LogP contribution is 2.23. The number of carbonyl (C=O) groups excluding carboxylic acids is 2. The van der Waals surface area contributed by atoms with E-state index in [0.717, 1.165) is 4.47 Å². The quantitative estimate of drug-likeness (QED) is 0.920. The monoisotopic (exact) mass is 347 g/mol. The molecule has 0 aliphatic heterocycles. The lowest BCUT2D eigenvalue weighted by Crippen LogP contribution is -2.39. The molecule has 0 spiro atoms. The first-order valence-corrected chi connectivity index (χ1v) is 7.02. The first-order valence-electron chi connectivity index (χ1n) is 6.22. The zero-order chi connectivity index (χ0) is 15.4. The van der Waals surface area contributed by atoms with Gasteiger partial charge in [-0.25, -0.2) is 0 Å². The molecule has 0 aliphatic rings. The van der Waals surface area contributed by atoms with Crippen LogP contribution in [0.1, 0.15) is 22.0 Å². The second-order valence-electron chi connectivity index (χ2n) is 4.52. The van der Waals surface area contributed by atoms with Gasteiger partial charge in [0.15, 0.2) is 0 Å². The van der Waals surface area contributed by atoms with Gasteiger partial charge in [-0.15, -0.1) is 0 Å². The van der Waals surface area contributed by atoms with Gasteiger partial charge in [-0.1, -0.05) is 28.1 Å². The van der Waals surface area contributed by atoms with E-state index in [1.54, 1.807) is 43.6 Å². The maximum absolute atomic E-state index is 12.4. The van der Waals surface area contributed by atoms with E-state index < -0.39 is 11.9 Å². The number of amides is 2. The van der Waals surface area contributed by atoms with Crippen LogP contribution in [0, 0.1) is 0 Å². The Morgan fingerprint density at radius 1 is 1.29 bits per heavy atom. The van der Waals surface area contributed by atoms with Crippen LogP contribution in [0.3, 0.4) is 0 Å². The third-order valence-corrected chi connectivity index (χ3v) is 3.54. The summed E-state index contributed by atoms with van der Waals surface area (Å²) in [7, 11) is 1.55. The van der Waals surface area contributed by atoms with Crippen LogP contribution in [0.2, 0.25) is 0 Å². The van der Waals surface area contributed by atoms with E-state index in [1.807, 2.05) is 6.07 Å². The van der Waals surface area contributed by atoms with E-state index in [9.17, 15) is 9.59 Å². The summed E-state index contributed by atoms with van der Waals surface area (Å²) in [4.78, 5) is 29.4. The Morgan fingerprint density at radius 3 is 2.62 bits per heavy atom. The van der Waals surface area contributed by atoms with Gasteiger partial charge in [-0.05, 0) is 29.8 Å². The Hall–Kier alpha value is -2.21. The molecule has 2 N–H and O–H groups in total. The first kappa shape index (κ1) is 15.2. The summed E-state index contributed by atoms with van der Waals surface area (Å²) in [5.74, 6) is -0.903. The van der Waals surface area contributed by atoms with Crippen LogP contribution in [0.5, 0.6) is 0 Å². The molecule has 1 heterocycles. The number of halogens is 1. The Labute approximate surface area is 130 Å². The average molecular weight is 348 g/mol. The van der Waals surface area contributed by atoms with Crippen molar-refractivity contribution in [1.82, 2.24) is 9.88 Å². The maximum atomic E-state index is 12.4. The highest BCUT2D eigenvalue weighted by Gasteiger charge is 2.27. The summed E-state index contributed by atoms with van der Waals surface area (Å²) in [6.07, 6.45) is 3.04. The Balaban J connectivity index is 2.35. The summed E-state index contributed by atoms with van der Waals surface area (Å²) >= 11 is 3.35. The number of aromatic nitrogens is 1. The topological polar surface area (TPSA) is 76.3 Å². The van der Waals surface area contributed by atoms with E-state index in [1.165, 1.54) is 11.1 Å². The van der Waals surface area contributed by atoms with Crippen molar-refractivity contribution in [2.24, 2.45) is 5.73 Å². The van der Waals surface area contributed by atoms with Crippen molar-refractivity contribution in [3.05, 3.63) is 64.4 Å². The molecule has 0 saturated heterocycles. The van der Waals surface area contributed by atoms with Crippen LogP contribution in [-0.4, -0.2) is 28.7 Å². The number of nitrogens with zero attached hydrogens (tertiary/aromatic N) is 2. The molecule has 0 saturated carbocycles. The lowest BCUT2D eigenvalue weighted by atomic mass is 10.0. The Kier molecular flexibility index (Phi) is 4.70. The number of pyridine rings is 1. The standard InChI is InChI=1S/C15H14BrN3O2/c1-19(15(21)11-5-3-7-18-9-11)13(14(17)20)10-4-2-6-12(16)8-10/h2-9,13H,1H3,(H2,17,20)/t13-/m0/s1. The molecule has 108 valence electrons. The van der Waals surface area contributed by atoms with Gasteiger partial charge >= 0.3 is 0 Å². The van der Waals surface area contributed by atoms with Gasteiger partial charge in [0.05, 0.1) is 5.56 Å². The van der Waals surface area contributed by atoms with Gasteiger partial charge in [0, 0.05) is 23.9 Å². The lowest BCUT2D eigenvalue weighted by Gasteiger charge is -2.26. The second kappa shape index (κ2) is 6.49. The van der Waals surface area contributed by atoms with E-state index in [0.29, 0.717) is 11.1 Å². The van der Waals surface area contributed by atoms with Crippen molar-refractivity contribution < 1.29 is 9.59 Å². The molecule has 2 aromatic rings. The largest absolute Gasteiger partial charge is 0.368 e. The van der Waals surface area contributed by atoms with Gasteiger partial charge in [-0.3, -0.25) is 14.6 Å². The van der Waals surface area contributed by atoms with E-state index in [-0.39, 0.29) is 5.91 Å². The number of rotatable bonds is 4. The second-order valence-corrected chi connectivity index (χ2v) is 5.43. The molecule has 0 unspecified atom stereocenters. The first-order chi connectivity index (χ1) is 10.0. The number of carbonyl (C=O) groups is 2. The molecule has 2 amide bonds. The van der Waals surface area contributed by atoms with Gasteiger partial charge in [-0.2, -0.15) is 0 Å². The van der Waals surface area contributed by atoms with Crippen molar-refractivity contribution in [3.63, 3.8) is 0 Å². The van der Waals surface area contributed by atoms with E-state index >= 15 is 0 Å². The maximum Gasteiger partial charge on any atom is 0.256 e. The SMILES string of the molecule is CN(C(=O)c1cccnc1)[C@H](C(N)=O)c1cccc(Br)c1. The van der Waals surface area contributed by atoms with Crippen LogP contribution in [0.4, 0.5) is 0 Å². The predicted molar refractivity (Wildman–Crippen MR) is 82.4 cm³/mol. The minimum atomic E-state index is -0.838. The number of hydrogen-bond donors (Lipinski definition) is 1. The summed E-state index contributed by atoms with van der Waals surface area (Å²) in [6.45, 7) is 0. The fraction of sp³-hybridized carbons (Fsp3) is 0.133. The molecule has 1 atom stereocenters. The van der Waals surface area contributed by atoms with Gasteiger partial charge < -0.3 is 10.6 Å². The normalized spacial score (nSPS) is 11.7. The summed E-state index contributed by atoms with van der Waals surface area (Å²) < 4.78 is 0.813. The molecule has 0 radical (unpaired) electrons. The summed E-state index contributed by atoms with van der Waals surface area (Å²) in [5, 5.41) is 0. The average Bonchev–Trinajstić information content (AvgIpc) is 2.47. The highest BCUT2D eigenvalue weighted by atomic mass is 79.9. The zero-order valence-corrected chi connectivity index (χ0v) is 12.9. The van der Waals surface area contributed by atoms with E-state index in [2.05, 4.69) is 20.9 Å². The van der Waals surface area contributed by atoms with Crippen molar-refractivity contribution in [3.8, 4) is 0 Å². The molecular weight excluding hydrogens is 334 g/mol. The third kappa shape index (κ3) is 3.46. The summed E-state index contributed by atoms with van der Waals surface area (Å²) in [6, 6.07) is 9.62. The fourth-order valence-corrected chi connectivity index (χ4v) is 2.48. The fourth-order valence-electron chi connectivity index (χ4n) is 2.07. The van der Waals surface area contributed by atoms with Crippen molar-refractivity contribution in [2.45, 2.75) is 6.04 Å². The van der Waals surface area contributed by atoms with Crippen LogP contribution in [-0.2, 0) is 4.79 Å². The molecule has 0 bridgehead atoms. The van der Waals surface area contributed by atoms with Crippen molar-refractivity contribution in [2.75, 3.05) is 7.05 Å². The summed E-state index contributed by atoms with van der Waals surface area (Å²) in [5.41, 5.74) is 6.53. The third-order valence-electron chi connectivity index (χ3n) is 3.05. The van der Waals surface area contributed by atoms with Gasteiger partial charge in [0.25, 0.3) is 5.91 Å². The highest BCUT2D eigenvalue weighted by molar-refractivity contribution is 9.10. The number of likely N-dealkylation sites (N-methyl/N-ethyl adjacent to an activating group) is 1. The van der Waals surface area contributed by atoms with Crippen molar-refractivity contribution in [1.29, 1.82) is 0 Å². The molecule has 0 fully saturated rings. The molecule has 0 aliphatic carbocycles. The smallest absolute Gasteiger partial charge is 0.256 e. The lowest BCUT2D eigenvalue weighted by molar-refractivity contribution is -0.122. The zero-order valence-electron chi connectivity index (χ0n) is 11.4. The molecule has 5 nitrogen and oxygen atoms in total. The molecule has 1 aromatic heterocycles. The van der Waals surface area contributed by atoms with Crippen molar-refractivity contribution >= 4 is 27.7 Å². The van der Waals surface area contributed by atoms with Gasteiger partial charge in [0.2, 0.25) is 5.91 Å². The predicted octanol–water partition coefficient (Wildman–Crippen LogP) is 2.14. The molecule has 1 aromatic carbocycles. The minimum absolute atomic E-state index is 0.313. The van der Waals surface area contributed by atoms with Crippen LogP contribution >= 0.6 is 15.9 Å². The number of benzene rings is 1. The Morgan fingerprint density at radius 2 is 2.05 bits per heavy atom. The molecule has 21 heavy (non-hydrogen) atoms. The van der Waals surface area contributed by atoms with Crippen LogP contribution in [0.15, 0.2) is 53.3 Å². The molecule has 2 rings (SSSR count). The molecule has 6 heteroatoms. The van der Waals surface area contributed by atoms with Crippen LogP contribution < -0.4 is 5.73 Å². The number of primary amides is 1. The Bertz CT molecular complexity index is 661. The van der Waals surface area contributed by atoms with E-state index in [4.69, 9.17) is 5.73 Å².